The summed E-state index contributed by atoms with van der Waals surface area (Å²) >= 11 is 12.4. The van der Waals surface area contributed by atoms with Crippen molar-refractivity contribution in [3.05, 3.63) is 58.2 Å². The van der Waals surface area contributed by atoms with Crippen LogP contribution >= 0.6 is 23.2 Å². The summed E-state index contributed by atoms with van der Waals surface area (Å²) in [6.45, 7) is 6.22. The summed E-state index contributed by atoms with van der Waals surface area (Å²) in [4.78, 5) is 42.4. The summed E-state index contributed by atoms with van der Waals surface area (Å²) in [5, 5.41) is 13.7. The van der Waals surface area contributed by atoms with Gasteiger partial charge < -0.3 is 34.7 Å². The second-order valence-corrected chi connectivity index (χ2v) is 11.5. The van der Waals surface area contributed by atoms with Gasteiger partial charge in [-0.1, -0.05) is 23.2 Å². The average molecular weight is 683 g/mol. The monoisotopic (exact) mass is 681 g/mol. The van der Waals surface area contributed by atoms with E-state index < -0.39 is 48.5 Å². The van der Waals surface area contributed by atoms with Crippen LogP contribution in [0.5, 0.6) is 5.75 Å². The minimum atomic E-state index is -1.36. The van der Waals surface area contributed by atoms with Gasteiger partial charge in [0.05, 0.1) is 17.3 Å². The number of carbonyl (C=O) groups is 3. The maximum Gasteiger partial charge on any atom is 0.410 e. The van der Waals surface area contributed by atoms with Crippen LogP contribution in [0, 0.1) is 5.82 Å². The molecule has 1 saturated heterocycles. The first-order valence-corrected chi connectivity index (χ1v) is 15.1. The van der Waals surface area contributed by atoms with Crippen LogP contribution in [-0.2, 0) is 23.8 Å². The highest BCUT2D eigenvalue weighted by Gasteiger charge is 2.30. The Balaban J connectivity index is 1.33. The number of nitrogens with zero attached hydrogens (tertiary/aromatic N) is 4. The number of aromatic nitrogens is 3. The lowest BCUT2D eigenvalue weighted by Gasteiger charge is -2.32. The van der Waals surface area contributed by atoms with Crippen molar-refractivity contribution in [2.75, 3.05) is 18.8 Å². The molecule has 1 amide bonds. The number of aliphatic hydroxyl groups is 1. The third-order valence-corrected chi connectivity index (χ3v) is 7.94. The van der Waals surface area contributed by atoms with Crippen LogP contribution in [0.25, 0.3) is 11.1 Å². The van der Waals surface area contributed by atoms with Crippen molar-refractivity contribution in [2.24, 2.45) is 0 Å². The van der Waals surface area contributed by atoms with Crippen LogP contribution in [0.4, 0.5) is 15.0 Å². The van der Waals surface area contributed by atoms with Crippen LogP contribution in [0.2, 0.25) is 10.0 Å². The molecule has 1 fully saturated rings. The van der Waals surface area contributed by atoms with Gasteiger partial charge in [-0.05, 0) is 58.7 Å². The Hall–Kier alpha value is -4.14. The summed E-state index contributed by atoms with van der Waals surface area (Å²) in [5.74, 6) is -2.09. The zero-order chi connectivity index (χ0) is 33.7. The van der Waals surface area contributed by atoms with E-state index in [1.165, 1.54) is 37.8 Å². The maximum atomic E-state index is 14.1. The maximum absolute atomic E-state index is 14.1. The number of esters is 2. The second-order valence-electron chi connectivity index (χ2n) is 10.7. The molecular formula is C30H34Cl2FN5O8. The molecule has 1 aliphatic heterocycles. The van der Waals surface area contributed by atoms with Gasteiger partial charge in [-0.15, -0.1) is 0 Å². The van der Waals surface area contributed by atoms with Gasteiger partial charge in [0, 0.05) is 47.2 Å². The van der Waals surface area contributed by atoms with Crippen molar-refractivity contribution in [3.8, 4) is 16.9 Å². The number of hydrogen-bond donors (Lipinski definition) is 2. The highest BCUT2D eigenvalue weighted by atomic mass is 35.5. The molecule has 3 heterocycles. The molecule has 0 bridgehead atoms. The molecule has 46 heavy (non-hydrogen) atoms. The van der Waals surface area contributed by atoms with Crippen molar-refractivity contribution in [2.45, 2.75) is 71.2 Å². The smallest absolute Gasteiger partial charge is 0.410 e. The molecule has 3 aromatic rings. The van der Waals surface area contributed by atoms with Gasteiger partial charge in [0.15, 0.2) is 30.1 Å². The Bertz CT molecular complexity index is 1580. The van der Waals surface area contributed by atoms with Crippen LogP contribution in [0.3, 0.4) is 0 Å². The van der Waals surface area contributed by atoms with Crippen molar-refractivity contribution in [1.29, 1.82) is 0 Å². The van der Waals surface area contributed by atoms with Crippen LogP contribution in [0.1, 0.15) is 58.2 Å². The first-order valence-electron chi connectivity index (χ1n) is 14.4. The predicted molar refractivity (Wildman–Crippen MR) is 164 cm³/mol. The number of piperidine rings is 1. The quantitative estimate of drug-likeness (QED) is 0.127. The van der Waals surface area contributed by atoms with E-state index in [9.17, 15) is 18.8 Å². The normalized spacial score (nSPS) is 16.2. The summed E-state index contributed by atoms with van der Waals surface area (Å²) in [6, 6.07) is 4.26. The lowest BCUT2D eigenvalue weighted by Crippen LogP contribution is -2.42. The van der Waals surface area contributed by atoms with E-state index in [1.807, 2.05) is 6.20 Å². The van der Waals surface area contributed by atoms with E-state index in [4.69, 9.17) is 48.3 Å². The summed E-state index contributed by atoms with van der Waals surface area (Å²) in [6.07, 6.45) is 0.899. The first-order chi connectivity index (χ1) is 21.7. The molecule has 3 unspecified atom stereocenters. The molecule has 1 aromatic carbocycles. The Morgan fingerprint density at radius 1 is 1.00 bits per heavy atom. The van der Waals surface area contributed by atoms with Gasteiger partial charge in [-0.2, -0.15) is 5.10 Å². The minimum Gasteiger partial charge on any atom is -0.482 e. The lowest BCUT2D eigenvalue weighted by molar-refractivity contribution is -0.184. The number of nitrogens with two attached hydrogens (primary N) is 1. The molecule has 1 aliphatic rings. The van der Waals surface area contributed by atoms with Crippen molar-refractivity contribution in [3.63, 3.8) is 0 Å². The fraction of sp³-hybridized carbons (Fsp3) is 0.433. The van der Waals surface area contributed by atoms with E-state index in [0.29, 0.717) is 31.5 Å². The number of halogens is 3. The number of rotatable bonds is 10. The van der Waals surface area contributed by atoms with Gasteiger partial charge in [0.2, 0.25) is 0 Å². The predicted octanol–water partition coefficient (Wildman–Crippen LogP) is 5.09. The van der Waals surface area contributed by atoms with E-state index in [-0.39, 0.29) is 33.2 Å². The van der Waals surface area contributed by atoms with Gasteiger partial charge >= 0.3 is 18.0 Å². The van der Waals surface area contributed by atoms with E-state index in [0.717, 1.165) is 5.56 Å². The number of pyridine rings is 1. The van der Waals surface area contributed by atoms with Gasteiger partial charge in [-0.3, -0.25) is 4.68 Å². The molecule has 4 atom stereocenters. The van der Waals surface area contributed by atoms with Gasteiger partial charge in [0.25, 0.3) is 0 Å². The number of benzene rings is 1. The largest absolute Gasteiger partial charge is 0.482 e. The van der Waals surface area contributed by atoms with E-state index >= 15 is 0 Å². The zero-order valence-corrected chi connectivity index (χ0v) is 27.0. The number of anilines is 1. The fourth-order valence-electron chi connectivity index (χ4n) is 4.73. The number of likely N-dealkylation sites (tertiary alicyclic amines) is 1. The first kappa shape index (κ1) is 34.7. The van der Waals surface area contributed by atoms with Crippen LogP contribution in [0.15, 0.2) is 36.8 Å². The highest BCUT2D eigenvalue weighted by molar-refractivity contribution is 6.36. The standard InChI is InChI=1S/C30H34Cl2FN5O8/c1-15(25-22(31)5-6-23(33)26(25)32)43-24-11-19(12-35-27(24)34)20-13-36-38(14-20)21-7-9-37(10-8-21)30(42)45-17(3)28(40)44-16(2)29(41)46-18(4)39/h5-6,11-18,21,39H,7-10H2,1-4H3,(H2,34,35)/t15-,16?,17?,18?/m1/s1. The molecule has 248 valence electrons. The van der Waals surface area contributed by atoms with E-state index in [1.54, 1.807) is 30.1 Å². The number of amides is 1. The molecule has 3 N–H and O–H groups in total. The molecule has 0 saturated carbocycles. The van der Waals surface area contributed by atoms with E-state index in [2.05, 4.69) is 14.8 Å². The number of hydrogen-bond acceptors (Lipinski definition) is 11. The molecule has 0 aliphatic carbocycles. The minimum absolute atomic E-state index is 0.0179. The SMILES string of the molecule is CC(O)OC(=O)C(C)OC(=O)C(C)OC(=O)N1CCC(n2cc(-c3cnc(N)c(O[C@H](C)c4c(Cl)ccc(F)c4Cl)c3)cn2)CC1. The zero-order valence-electron chi connectivity index (χ0n) is 25.5. The third kappa shape index (κ3) is 8.36. The van der Waals surface area contributed by atoms with Gasteiger partial charge in [0.1, 0.15) is 11.9 Å². The lowest BCUT2D eigenvalue weighted by atomic mass is 10.1. The molecule has 2 aromatic heterocycles. The summed E-state index contributed by atoms with van der Waals surface area (Å²) in [7, 11) is 0. The fourth-order valence-corrected chi connectivity index (χ4v) is 5.41. The number of ether oxygens (including phenoxy) is 4. The average Bonchev–Trinajstić information content (AvgIpc) is 3.50. The second kappa shape index (κ2) is 15.0. The molecule has 0 radical (unpaired) electrons. The van der Waals surface area contributed by atoms with Crippen molar-refractivity contribution in [1.82, 2.24) is 19.7 Å². The molecule has 13 nitrogen and oxygen atoms in total. The molecule has 4 rings (SSSR count). The van der Waals surface area contributed by atoms with Crippen molar-refractivity contribution >= 4 is 47.1 Å². The third-order valence-electron chi connectivity index (χ3n) is 7.22. The number of nitrogen functional groups attached to an aromatic ring is 1. The van der Waals surface area contributed by atoms with Crippen LogP contribution < -0.4 is 10.5 Å². The molecular weight excluding hydrogens is 648 g/mol. The highest BCUT2D eigenvalue weighted by Crippen LogP contribution is 2.37. The van der Waals surface area contributed by atoms with Crippen LogP contribution in [-0.4, -0.2) is 74.4 Å². The topological polar surface area (TPSA) is 168 Å². The Morgan fingerprint density at radius 3 is 2.33 bits per heavy atom. The summed E-state index contributed by atoms with van der Waals surface area (Å²) < 4.78 is 36.6. The van der Waals surface area contributed by atoms with Crippen molar-refractivity contribution < 1.29 is 42.8 Å². The number of carbonyl (C=O) groups excluding carboxylic acids is 3. The Labute approximate surface area is 274 Å². The number of aliphatic hydroxyl groups excluding tert-OH is 1. The Kier molecular flexibility index (Phi) is 11.3. The molecule has 0 spiro atoms. The Morgan fingerprint density at radius 2 is 1.65 bits per heavy atom. The van der Waals surface area contributed by atoms with Gasteiger partial charge in [-0.25, -0.2) is 23.8 Å². The molecule has 16 heteroatoms. The summed E-state index contributed by atoms with van der Waals surface area (Å²) in [5.41, 5.74) is 7.77.